The molecule has 33 heavy (non-hydrogen) atoms. The number of hydrogen-bond donors (Lipinski definition) is 3. The highest BCUT2D eigenvalue weighted by atomic mass is 32.2. The van der Waals surface area contributed by atoms with Gasteiger partial charge in [-0.25, -0.2) is 14.6 Å². The SMILES string of the molecule is CCCSc1nc(NC2CC2c2ccccc2)c2nnn(C3CC(COC)C(O)C3O)c2n1. The van der Waals surface area contributed by atoms with E-state index in [-0.39, 0.29) is 12.0 Å². The molecule has 5 rings (SSSR count). The van der Waals surface area contributed by atoms with Crippen LogP contribution in [0.2, 0.25) is 0 Å². The predicted molar refractivity (Wildman–Crippen MR) is 126 cm³/mol. The highest BCUT2D eigenvalue weighted by Crippen LogP contribution is 2.43. The lowest BCUT2D eigenvalue weighted by Gasteiger charge is -2.17. The van der Waals surface area contributed by atoms with Crippen LogP contribution in [0.5, 0.6) is 0 Å². The number of aromatic nitrogens is 5. The first-order valence-electron chi connectivity index (χ1n) is 11.5. The van der Waals surface area contributed by atoms with Crippen LogP contribution in [0.3, 0.4) is 0 Å². The summed E-state index contributed by atoms with van der Waals surface area (Å²) in [5.41, 5.74) is 2.49. The Morgan fingerprint density at radius 2 is 1.97 bits per heavy atom. The highest BCUT2D eigenvalue weighted by Gasteiger charge is 2.44. The quantitative estimate of drug-likeness (QED) is 0.320. The summed E-state index contributed by atoms with van der Waals surface area (Å²) in [4.78, 5) is 9.50. The number of aliphatic hydroxyl groups excluding tert-OH is 2. The summed E-state index contributed by atoms with van der Waals surface area (Å²) in [7, 11) is 1.60. The molecule has 0 bridgehead atoms. The Bertz CT molecular complexity index is 1100. The largest absolute Gasteiger partial charge is 0.390 e. The smallest absolute Gasteiger partial charge is 0.191 e. The molecule has 0 amide bonds. The van der Waals surface area contributed by atoms with Crippen molar-refractivity contribution < 1.29 is 14.9 Å². The number of rotatable bonds is 9. The van der Waals surface area contributed by atoms with Crippen LogP contribution in [-0.2, 0) is 4.74 Å². The number of methoxy groups -OCH3 is 1. The number of aliphatic hydroxyl groups is 2. The number of nitrogens with one attached hydrogen (secondary N) is 1. The summed E-state index contributed by atoms with van der Waals surface area (Å²) >= 11 is 1.60. The molecule has 0 radical (unpaired) electrons. The van der Waals surface area contributed by atoms with Gasteiger partial charge in [-0.1, -0.05) is 54.2 Å². The van der Waals surface area contributed by atoms with Crippen molar-refractivity contribution in [3.05, 3.63) is 35.9 Å². The van der Waals surface area contributed by atoms with E-state index in [0.717, 1.165) is 18.6 Å². The van der Waals surface area contributed by atoms with Gasteiger partial charge < -0.3 is 20.3 Å². The summed E-state index contributed by atoms with van der Waals surface area (Å²) in [6, 6.07) is 10.3. The molecule has 176 valence electrons. The predicted octanol–water partition coefficient (Wildman–Crippen LogP) is 2.62. The third-order valence-corrected chi connectivity index (χ3v) is 7.60. The van der Waals surface area contributed by atoms with Gasteiger partial charge in [-0.15, -0.1) is 5.10 Å². The van der Waals surface area contributed by atoms with Gasteiger partial charge in [0, 0.05) is 30.7 Å². The number of ether oxygens (including phenoxy) is 1. The fourth-order valence-corrected chi connectivity index (χ4v) is 5.41. The van der Waals surface area contributed by atoms with Crippen molar-refractivity contribution in [3.8, 4) is 0 Å². The molecule has 0 saturated heterocycles. The lowest BCUT2D eigenvalue weighted by atomic mass is 10.1. The van der Waals surface area contributed by atoms with Gasteiger partial charge in [0.25, 0.3) is 0 Å². The molecule has 0 aliphatic heterocycles. The second-order valence-electron chi connectivity index (χ2n) is 8.91. The van der Waals surface area contributed by atoms with E-state index in [0.29, 0.717) is 41.1 Å². The van der Waals surface area contributed by atoms with Gasteiger partial charge in [-0.05, 0) is 24.8 Å². The van der Waals surface area contributed by atoms with Crippen molar-refractivity contribution in [2.45, 2.75) is 61.6 Å². The van der Waals surface area contributed by atoms with Crippen LogP contribution in [0, 0.1) is 5.92 Å². The summed E-state index contributed by atoms with van der Waals surface area (Å²) in [6.07, 6.45) is 0.752. The normalized spacial score (nSPS) is 29.0. The Morgan fingerprint density at radius 3 is 2.73 bits per heavy atom. The van der Waals surface area contributed by atoms with Crippen molar-refractivity contribution in [1.29, 1.82) is 0 Å². The number of anilines is 1. The fraction of sp³-hybridized carbons (Fsp3) is 0.565. The molecule has 3 N–H and O–H groups in total. The number of hydrogen-bond acceptors (Lipinski definition) is 9. The van der Waals surface area contributed by atoms with E-state index in [1.54, 1.807) is 23.6 Å². The molecule has 2 fully saturated rings. The Balaban J connectivity index is 1.45. The van der Waals surface area contributed by atoms with E-state index in [1.807, 2.05) is 6.07 Å². The van der Waals surface area contributed by atoms with Crippen molar-refractivity contribution in [2.75, 3.05) is 24.8 Å². The van der Waals surface area contributed by atoms with Crippen LogP contribution in [-0.4, -0.2) is 72.9 Å². The lowest BCUT2D eigenvalue weighted by molar-refractivity contribution is -0.0101. The Hall–Kier alpha value is -2.27. The molecule has 0 spiro atoms. The topological polar surface area (TPSA) is 118 Å². The lowest BCUT2D eigenvalue weighted by Crippen LogP contribution is -2.31. The summed E-state index contributed by atoms with van der Waals surface area (Å²) in [5.74, 6) is 1.86. The van der Waals surface area contributed by atoms with Crippen LogP contribution in [0.25, 0.3) is 11.2 Å². The number of thioether (sulfide) groups is 1. The maximum Gasteiger partial charge on any atom is 0.191 e. The maximum atomic E-state index is 10.7. The third kappa shape index (κ3) is 4.44. The summed E-state index contributed by atoms with van der Waals surface area (Å²) in [5, 5.41) is 34.2. The maximum absolute atomic E-state index is 10.7. The molecule has 2 saturated carbocycles. The summed E-state index contributed by atoms with van der Waals surface area (Å²) < 4.78 is 6.88. The van der Waals surface area contributed by atoms with Crippen LogP contribution < -0.4 is 5.32 Å². The first-order valence-corrected chi connectivity index (χ1v) is 12.5. The second-order valence-corrected chi connectivity index (χ2v) is 9.97. The van der Waals surface area contributed by atoms with Gasteiger partial charge in [0.05, 0.1) is 18.8 Å². The molecule has 10 heteroatoms. The zero-order valence-electron chi connectivity index (χ0n) is 18.8. The minimum absolute atomic E-state index is 0.166. The zero-order valence-corrected chi connectivity index (χ0v) is 19.6. The Labute approximate surface area is 197 Å². The van der Waals surface area contributed by atoms with Gasteiger partial charge in [-0.3, -0.25) is 0 Å². The van der Waals surface area contributed by atoms with Gasteiger partial charge >= 0.3 is 0 Å². The number of nitrogens with zero attached hydrogens (tertiary/aromatic N) is 5. The second kappa shape index (κ2) is 9.54. The standard InChI is InChI=1S/C23H30N6O3S/c1-3-9-33-23-25-21(24-16-11-15(16)13-7-5-4-6-8-13)18-22(26-23)29(28-27-18)17-10-14(12-32-2)19(30)20(17)31/h4-8,14-17,19-20,30-31H,3,9-12H2,1-2H3,(H,24,25,26). The van der Waals surface area contributed by atoms with Gasteiger partial charge in [-0.2, -0.15) is 0 Å². The van der Waals surface area contributed by atoms with E-state index in [2.05, 4.69) is 46.8 Å². The zero-order chi connectivity index (χ0) is 22.9. The Morgan fingerprint density at radius 1 is 1.15 bits per heavy atom. The van der Waals surface area contributed by atoms with E-state index in [4.69, 9.17) is 14.7 Å². The molecule has 6 unspecified atom stereocenters. The minimum atomic E-state index is -0.959. The molecule has 6 atom stereocenters. The molecule has 2 aliphatic carbocycles. The molecule has 9 nitrogen and oxygen atoms in total. The average Bonchev–Trinajstić information content (AvgIpc) is 3.39. The van der Waals surface area contributed by atoms with Crippen LogP contribution >= 0.6 is 11.8 Å². The first-order chi connectivity index (χ1) is 16.1. The van der Waals surface area contributed by atoms with Crippen LogP contribution in [0.1, 0.15) is 43.7 Å². The molecule has 2 aliphatic rings. The molecule has 2 heterocycles. The van der Waals surface area contributed by atoms with E-state index in [1.165, 1.54) is 5.56 Å². The Kier molecular flexibility index (Phi) is 6.51. The molecule has 3 aromatic rings. The van der Waals surface area contributed by atoms with Crippen molar-refractivity contribution in [2.24, 2.45) is 5.92 Å². The van der Waals surface area contributed by atoms with Crippen molar-refractivity contribution in [1.82, 2.24) is 25.0 Å². The molecular weight excluding hydrogens is 440 g/mol. The first kappa shape index (κ1) is 22.5. The van der Waals surface area contributed by atoms with Crippen molar-refractivity contribution in [3.63, 3.8) is 0 Å². The molecule has 2 aromatic heterocycles. The van der Waals surface area contributed by atoms with Crippen LogP contribution in [0.4, 0.5) is 5.82 Å². The fourth-order valence-electron chi connectivity index (χ4n) is 4.71. The average molecular weight is 471 g/mol. The third-order valence-electron chi connectivity index (χ3n) is 6.54. The molecular formula is C23H30N6O3S. The van der Waals surface area contributed by atoms with E-state index >= 15 is 0 Å². The highest BCUT2D eigenvalue weighted by molar-refractivity contribution is 7.99. The molecule has 1 aromatic carbocycles. The van der Waals surface area contributed by atoms with Gasteiger partial charge in [0.2, 0.25) is 0 Å². The van der Waals surface area contributed by atoms with Gasteiger partial charge in [0.15, 0.2) is 22.1 Å². The number of fused-ring (bicyclic) bond motifs is 1. The number of benzene rings is 1. The monoisotopic (exact) mass is 470 g/mol. The van der Waals surface area contributed by atoms with Gasteiger partial charge in [0.1, 0.15) is 6.10 Å². The summed E-state index contributed by atoms with van der Waals surface area (Å²) in [6.45, 7) is 2.50. The van der Waals surface area contributed by atoms with E-state index in [9.17, 15) is 10.2 Å². The van der Waals surface area contributed by atoms with Crippen molar-refractivity contribution >= 4 is 28.7 Å². The van der Waals surface area contributed by atoms with Crippen LogP contribution in [0.15, 0.2) is 35.5 Å². The minimum Gasteiger partial charge on any atom is -0.390 e. The van der Waals surface area contributed by atoms with E-state index < -0.39 is 18.2 Å².